The Balaban J connectivity index is 1.27. The van der Waals surface area contributed by atoms with Gasteiger partial charge in [0.2, 0.25) is 0 Å². The number of piperidine rings is 2. The largest absolute Gasteiger partial charge is 0.490 e. The summed E-state index contributed by atoms with van der Waals surface area (Å²) in [6.45, 7) is 3.62. The number of rotatable bonds is 6. The van der Waals surface area contributed by atoms with Gasteiger partial charge < -0.3 is 24.7 Å². The van der Waals surface area contributed by atoms with Crippen LogP contribution in [0.25, 0.3) is 0 Å². The smallest absolute Gasteiger partial charge is 0.337 e. The Morgan fingerprint density at radius 2 is 1.72 bits per heavy atom. The number of aliphatic hydroxyl groups is 1. The van der Waals surface area contributed by atoms with E-state index in [0.29, 0.717) is 48.1 Å². The van der Waals surface area contributed by atoms with Crippen molar-refractivity contribution >= 4 is 34.9 Å². The minimum Gasteiger partial charge on any atom is -0.490 e. The topological polar surface area (TPSA) is 73.2 Å². The van der Waals surface area contributed by atoms with E-state index in [1.165, 1.54) is 0 Å². The summed E-state index contributed by atoms with van der Waals surface area (Å²) >= 11 is 12.0. The third kappa shape index (κ3) is 5.49. The van der Waals surface area contributed by atoms with Crippen LogP contribution in [0.3, 0.4) is 0 Å². The summed E-state index contributed by atoms with van der Waals surface area (Å²) in [6, 6.07) is 12.4. The molecule has 0 saturated carbocycles. The van der Waals surface area contributed by atoms with Crippen molar-refractivity contribution in [2.75, 3.05) is 37.6 Å². The quantitative estimate of drug-likeness (QED) is 0.633. The van der Waals surface area contributed by atoms with Crippen LogP contribution in [0.1, 0.15) is 36.0 Å². The Kier molecular flexibility index (Phi) is 7.15. The molecule has 4 rings (SSSR count). The van der Waals surface area contributed by atoms with Gasteiger partial charge in [-0.3, -0.25) is 0 Å². The molecule has 0 atom stereocenters. The zero-order valence-corrected chi connectivity index (χ0v) is 19.4. The molecule has 32 heavy (non-hydrogen) atoms. The van der Waals surface area contributed by atoms with Crippen LogP contribution in [-0.4, -0.2) is 65.5 Å². The van der Waals surface area contributed by atoms with Crippen LogP contribution in [0.2, 0.25) is 10.0 Å². The number of likely N-dealkylation sites (tertiary alicyclic amines) is 1. The molecular weight excluding hydrogens is 451 g/mol. The molecule has 0 aromatic heterocycles. The molecule has 2 N–H and O–H groups in total. The highest BCUT2D eigenvalue weighted by Crippen LogP contribution is 2.31. The van der Waals surface area contributed by atoms with Crippen LogP contribution in [0.5, 0.6) is 5.75 Å². The van der Waals surface area contributed by atoms with E-state index in [1.54, 1.807) is 24.3 Å². The third-order valence-electron chi connectivity index (χ3n) is 6.42. The maximum absolute atomic E-state index is 11.5. The van der Waals surface area contributed by atoms with Crippen LogP contribution in [0.15, 0.2) is 42.5 Å². The van der Waals surface area contributed by atoms with E-state index >= 15 is 0 Å². The van der Waals surface area contributed by atoms with Gasteiger partial charge in [-0.25, -0.2) is 4.79 Å². The lowest BCUT2D eigenvalue weighted by Crippen LogP contribution is -2.53. The standard InChI is InChI=1S/C24H28Cl2N2O4/c25-20-6-5-18(15-21(20)26)32-17-7-11-27(12-8-17)16-24(31)9-13-28(14-10-24)22-4-2-1-3-19(22)23(29)30/h1-6,15,17,31H,7-14,16H2,(H,29,30). The van der Waals surface area contributed by atoms with Gasteiger partial charge in [-0.1, -0.05) is 35.3 Å². The number of carbonyl (C=O) groups is 1. The molecule has 2 aliphatic heterocycles. The van der Waals surface area contributed by atoms with Gasteiger partial charge in [0.25, 0.3) is 0 Å². The molecule has 6 nitrogen and oxygen atoms in total. The average molecular weight is 479 g/mol. The molecule has 172 valence electrons. The van der Waals surface area contributed by atoms with Crippen molar-refractivity contribution in [2.24, 2.45) is 0 Å². The number of carboxylic acids is 1. The predicted molar refractivity (Wildman–Crippen MR) is 126 cm³/mol. The summed E-state index contributed by atoms with van der Waals surface area (Å²) in [5.74, 6) is -0.196. The number of hydrogen-bond acceptors (Lipinski definition) is 5. The average Bonchev–Trinajstić information content (AvgIpc) is 2.78. The molecule has 2 aromatic carbocycles. The van der Waals surface area contributed by atoms with Crippen LogP contribution < -0.4 is 9.64 Å². The molecule has 2 aliphatic rings. The van der Waals surface area contributed by atoms with Gasteiger partial charge in [0, 0.05) is 38.8 Å². The molecule has 2 fully saturated rings. The van der Waals surface area contributed by atoms with Gasteiger partial charge in [-0.05, 0) is 49.9 Å². The molecular formula is C24H28Cl2N2O4. The Morgan fingerprint density at radius 3 is 2.38 bits per heavy atom. The molecule has 2 heterocycles. The van der Waals surface area contributed by atoms with E-state index < -0.39 is 11.6 Å². The van der Waals surface area contributed by atoms with Crippen molar-refractivity contribution in [1.29, 1.82) is 0 Å². The SMILES string of the molecule is O=C(O)c1ccccc1N1CCC(O)(CN2CCC(Oc3ccc(Cl)c(Cl)c3)CC2)CC1. The summed E-state index contributed by atoms with van der Waals surface area (Å²) in [5, 5.41) is 21.6. The maximum atomic E-state index is 11.5. The number of nitrogens with zero attached hydrogens (tertiary/aromatic N) is 2. The van der Waals surface area contributed by atoms with Crippen LogP contribution in [-0.2, 0) is 0 Å². The highest BCUT2D eigenvalue weighted by atomic mass is 35.5. The van der Waals surface area contributed by atoms with E-state index in [4.69, 9.17) is 27.9 Å². The van der Waals surface area contributed by atoms with Gasteiger partial charge in [-0.2, -0.15) is 0 Å². The maximum Gasteiger partial charge on any atom is 0.337 e. The number of anilines is 1. The number of halogens is 2. The zero-order chi connectivity index (χ0) is 22.7. The van der Waals surface area contributed by atoms with Gasteiger partial charge in [-0.15, -0.1) is 0 Å². The van der Waals surface area contributed by atoms with Gasteiger partial charge in [0.1, 0.15) is 11.9 Å². The lowest BCUT2D eigenvalue weighted by molar-refractivity contribution is -0.0281. The molecule has 8 heteroatoms. The van der Waals surface area contributed by atoms with Gasteiger partial charge in [0.05, 0.1) is 26.9 Å². The van der Waals surface area contributed by atoms with E-state index in [9.17, 15) is 15.0 Å². The Labute approximate surface area is 198 Å². The second-order valence-corrected chi connectivity index (χ2v) is 9.52. The summed E-state index contributed by atoms with van der Waals surface area (Å²) in [4.78, 5) is 15.9. The number of para-hydroxylation sites is 1. The fraction of sp³-hybridized carbons (Fsp3) is 0.458. The second-order valence-electron chi connectivity index (χ2n) is 8.70. The molecule has 0 bridgehead atoms. The molecule has 0 amide bonds. The van der Waals surface area contributed by atoms with Crippen molar-refractivity contribution in [2.45, 2.75) is 37.4 Å². The Morgan fingerprint density at radius 1 is 1.03 bits per heavy atom. The molecule has 0 spiro atoms. The first-order valence-electron chi connectivity index (χ1n) is 11.0. The fourth-order valence-electron chi connectivity index (χ4n) is 4.60. The number of benzene rings is 2. The first-order valence-corrected chi connectivity index (χ1v) is 11.7. The minimum absolute atomic E-state index is 0.118. The number of hydrogen-bond donors (Lipinski definition) is 2. The van der Waals surface area contributed by atoms with Crippen LogP contribution in [0.4, 0.5) is 5.69 Å². The molecule has 2 aromatic rings. The molecule has 0 unspecified atom stereocenters. The predicted octanol–water partition coefficient (Wildman–Crippen LogP) is 4.57. The monoisotopic (exact) mass is 478 g/mol. The van der Waals surface area contributed by atoms with E-state index in [2.05, 4.69) is 9.80 Å². The second kappa shape index (κ2) is 9.87. The number of β-amino-alcohol motifs (C(OH)–C–C–N with tert-alkyl or cyclic N) is 1. The summed E-state index contributed by atoms with van der Waals surface area (Å²) in [5.41, 5.74) is 0.274. The van der Waals surface area contributed by atoms with Crippen LogP contribution >= 0.6 is 23.2 Å². The van der Waals surface area contributed by atoms with E-state index in [-0.39, 0.29) is 6.10 Å². The fourth-order valence-corrected chi connectivity index (χ4v) is 4.88. The summed E-state index contributed by atoms with van der Waals surface area (Å²) in [7, 11) is 0. The van der Waals surface area contributed by atoms with Crippen molar-refractivity contribution in [1.82, 2.24) is 4.90 Å². The van der Waals surface area contributed by atoms with Gasteiger partial charge >= 0.3 is 5.97 Å². The Hall–Kier alpha value is -1.99. The third-order valence-corrected chi connectivity index (χ3v) is 7.15. The summed E-state index contributed by atoms with van der Waals surface area (Å²) < 4.78 is 6.06. The van der Waals surface area contributed by atoms with E-state index in [1.807, 2.05) is 18.2 Å². The normalized spacial score (nSPS) is 19.7. The molecule has 0 aliphatic carbocycles. The zero-order valence-electron chi connectivity index (χ0n) is 17.8. The van der Waals surface area contributed by atoms with Crippen molar-refractivity contribution in [3.8, 4) is 5.75 Å². The lowest BCUT2D eigenvalue weighted by atomic mass is 9.89. The van der Waals surface area contributed by atoms with E-state index in [0.717, 1.165) is 37.4 Å². The number of aromatic carboxylic acids is 1. The molecule has 0 radical (unpaired) electrons. The highest BCUT2D eigenvalue weighted by Gasteiger charge is 2.36. The summed E-state index contributed by atoms with van der Waals surface area (Å²) in [6.07, 6.45) is 3.11. The highest BCUT2D eigenvalue weighted by molar-refractivity contribution is 6.42. The number of ether oxygens (including phenoxy) is 1. The number of carboxylic acid groups (broad SMARTS) is 1. The first-order chi connectivity index (χ1) is 15.3. The van der Waals surface area contributed by atoms with Crippen molar-refractivity contribution in [3.63, 3.8) is 0 Å². The minimum atomic E-state index is -0.924. The first kappa shape index (κ1) is 23.2. The lowest BCUT2D eigenvalue weighted by Gasteiger charge is -2.43. The van der Waals surface area contributed by atoms with Crippen LogP contribution in [0, 0.1) is 0 Å². The van der Waals surface area contributed by atoms with Gasteiger partial charge in [0.15, 0.2) is 0 Å². The van der Waals surface area contributed by atoms with Crippen molar-refractivity contribution in [3.05, 3.63) is 58.1 Å². The molecule has 2 saturated heterocycles. The Bertz CT molecular complexity index is 955. The van der Waals surface area contributed by atoms with Crippen molar-refractivity contribution < 1.29 is 19.7 Å².